The number of allylic oxidation sites excluding steroid dienone is 4. The van der Waals surface area contributed by atoms with E-state index in [9.17, 15) is 10.1 Å². The minimum absolute atomic E-state index is 0.182. The summed E-state index contributed by atoms with van der Waals surface area (Å²) >= 11 is 0. The molecule has 0 bridgehead atoms. The highest BCUT2D eigenvalue weighted by atomic mass is 16.6. The van der Waals surface area contributed by atoms with Crippen LogP contribution in [0.15, 0.2) is 35.7 Å². The molecule has 0 saturated carbocycles. The SMILES string of the molecule is O=[N+]([O-])C1=CCC(N2CCNCC2)=CC=C1. The smallest absolute Gasteiger partial charge is 0.265 e. The summed E-state index contributed by atoms with van der Waals surface area (Å²) in [5.41, 5.74) is 1.34. The fourth-order valence-corrected chi connectivity index (χ4v) is 1.92. The fourth-order valence-electron chi connectivity index (χ4n) is 1.92. The van der Waals surface area contributed by atoms with Gasteiger partial charge in [0.15, 0.2) is 0 Å². The Morgan fingerprint density at radius 1 is 1.38 bits per heavy atom. The van der Waals surface area contributed by atoms with E-state index in [-0.39, 0.29) is 10.6 Å². The number of hydrogen-bond donors (Lipinski definition) is 1. The Kier molecular flexibility index (Phi) is 3.36. The van der Waals surface area contributed by atoms with Crippen molar-refractivity contribution in [3.63, 3.8) is 0 Å². The first-order valence-electron chi connectivity index (χ1n) is 5.45. The van der Waals surface area contributed by atoms with Crippen molar-refractivity contribution in [1.29, 1.82) is 0 Å². The van der Waals surface area contributed by atoms with Gasteiger partial charge in [0, 0.05) is 44.4 Å². The van der Waals surface area contributed by atoms with Gasteiger partial charge in [-0.05, 0) is 12.2 Å². The lowest BCUT2D eigenvalue weighted by atomic mass is 10.2. The van der Waals surface area contributed by atoms with Gasteiger partial charge in [-0.1, -0.05) is 6.08 Å². The summed E-state index contributed by atoms with van der Waals surface area (Å²) in [7, 11) is 0. The van der Waals surface area contributed by atoms with Gasteiger partial charge in [-0.15, -0.1) is 0 Å². The van der Waals surface area contributed by atoms with Crippen LogP contribution in [0.4, 0.5) is 0 Å². The predicted molar refractivity (Wildman–Crippen MR) is 61.4 cm³/mol. The third kappa shape index (κ3) is 2.49. The second-order valence-corrected chi connectivity index (χ2v) is 3.84. The minimum Gasteiger partial charge on any atom is -0.372 e. The number of hydrogen-bond acceptors (Lipinski definition) is 4. The van der Waals surface area contributed by atoms with Crippen molar-refractivity contribution in [1.82, 2.24) is 10.2 Å². The molecule has 86 valence electrons. The van der Waals surface area contributed by atoms with Gasteiger partial charge in [0.1, 0.15) is 0 Å². The molecule has 0 atom stereocenters. The number of nitro groups is 1. The average molecular weight is 221 g/mol. The Hall–Kier alpha value is -1.62. The van der Waals surface area contributed by atoms with Crippen LogP contribution in [-0.4, -0.2) is 36.0 Å². The highest BCUT2D eigenvalue weighted by Crippen LogP contribution is 2.16. The summed E-state index contributed by atoms with van der Waals surface area (Å²) in [5.74, 6) is 0. The van der Waals surface area contributed by atoms with Crippen LogP contribution in [-0.2, 0) is 0 Å². The molecule has 0 aromatic carbocycles. The Morgan fingerprint density at radius 2 is 2.12 bits per heavy atom. The van der Waals surface area contributed by atoms with Gasteiger partial charge < -0.3 is 10.2 Å². The van der Waals surface area contributed by atoms with Crippen LogP contribution >= 0.6 is 0 Å². The van der Waals surface area contributed by atoms with Crippen LogP contribution < -0.4 is 5.32 Å². The lowest BCUT2D eigenvalue weighted by molar-refractivity contribution is -0.419. The first-order valence-corrected chi connectivity index (χ1v) is 5.45. The highest BCUT2D eigenvalue weighted by Gasteiger charge is 2.15. The molecule has 5 nitrogen and oxygen atoms in total. The average Bonchev–Trinajstić information content (AvgIpc) is 2.55. The number of rotatable bonds is 2. The summed E-state index contributed by atoms with van der Waals surface area (Å²) in [6.45, 7) is 3.91. The zero-order valence-corrected chi connectivity index (χ0v) is 9.06. The summed E-state index contributed by atoms with van der Waals surface area (Å²) in [5, 5.41) is 13.9. The first-order chi connectivity index (χ1) is 7.77. The number of nitrogens with zero attached hydrogens (tertiary/aromatic N) is 2. The lowest BCUT2D eigenvalue weighted by Gasteiger charge is -2.31. The van der Waals surface area contributed by atoms with E-state index < -0.39 is 0 Å². The van der Waals surface area contributed by atoms with E-state index in [2.05, 4.69) is 10.2 Å². The van der Waals surface area contributed by atoms with E-state index in [1.807, 2.05) is 6.08 Å². The summed E-state index contributed by atoms with van der Waals surface area (Å²) in [6.07, 6.45) is 7.60. The molecule has 5 heteroatoms. The zero-order chi connectivity index (χ0) is 11.4. The van der Waals surface area contributed by atoms with Gasteiger partial charge in [0.05, 0.1) is 4.92 Å². The molecule has 2 aliphatic rings. The van der Waals surface area contributed by atoms with E-state index >= 15 is 0 Å². The van der Waals surface area contributed by atoms with Crippen molar-refractivity contribution in [2.24, 2.45) is 0 Å². The largest absolute Gasteiger partial charge is 0.372 e. The molecule has 2 rings (SSSR count). The molecule has 0 amide bonds. The lowest BCUT2D eigenvalue weighted by Crippen LogP contribution is -2.42. The van der Waals surface area contributed by atoms with Crippen LogP contribution in [0.25, 0.3) is 0 Å². The van der Waals surface area contributed by atoms with Gasteiger partial charge in [-0.25, -0.2) is 0 Å². The Morgan fingerprint density at radius 3 is 2.81 bits per heavy atom. The van der Waals surface area contributed by atoms with E-state index in [1.165, 1.54) is 0 Å². The van der Waals surface area contributed by atoms with Gasteiger partial charge in [0.25, 0.3) is 5.70 Å². The fraction of sp³-hybridized carbons (Fsp3) is 0.455. The van der Waals surface area contributed by atoms with E-state index in [0.29, 0.717) is 6.42 Å². The van der Waals surface area contributed by atoms with Crippen LogP contribution in [0.5, 0.6) is 0 Å². The normalized spacial score (nSPS) is 21.1. The number of piperazine rings is 1. The van der Waals surface area contributed by atoms with Crippen molar-refractivity contribution < 1.29 is 4.92 Å². The van der Waals surface area contributed by atoms with Crippen molar-refractivity contribution in [2.45, 2.75) is 6.42 Å². The molecule has 1 saturated heterocycles. The van der Waals surface area contributed by atoms with Crippen LogP contribution in [0, 0.1) is 10.1 Å². The topological polar surface area (TPSA) is 58.4 Å². The summed E-state index contributed by atoms with van der Waals surface area (Å²) in [6, 6.07) is 0. The second kappa shape index (κ2) is 4.94. The third-order valence-corrected chi connectivity index (χ3v) is 2.81. The molecule has 1 aliphatic carbocycles. The van der Waals surface area contributed by atoms with Crippen molar-refractivity contribution in [3.8, 4) is 0 Å². The Balaban J connectivity index is 2.05. The molecule has 0 aromatic rings. The Bertz CT molecular complexity index is 365. The number of nitrogens with one attached hydrogen (secondary N) is 1. The van der Waals surface area contributed by atoms with E-state index in [4.69, 9.17) is 0 Å². The standard InChI is InChI=1S/C11H15N3O2/c15-14(16)11-3-1-2-10(4-5-11)13-8-6-12-7-9-13/h1-3,5,12H,4,6-9H2. The van der Waals surface area contributed by atoms with Crippen molar-refractivity contribution >= 4 is 0 Å². The Labute approximate surface area is 94.3 Å². The molecule has 16 heavy (non-hydrogen) atoms. The summed E-state index contributed by atoms with van der Waals surface area (Å²) < 4.78 is 0. The molecule has 1 N–H and O–H groups in total. The maximum Gasteiger partial charge on any atom is 0.265 e. The second-order valence-electron chi connectivity index (χ2n) is 3.84. The molecule has 0 radical (unpaired) electrons. The molecule has 1 aliphatic heterocycles. The van der Waals surface area contributed by atoms with Gasteiger partial charge in [-0.3, -0.25) is 10.1 Å². The first kappa shape index (κ1) is 10.9. The van der Waals surface area contributed by atoms with Crippen LogP contribution in [0.3, 0.4) is 0 Å². The van der Waals surface area contributed by atoms with E-state index in [0.717, 1.165) is 31.9 Å². The molecule has 0 aromatic heterocycles. The quantitative estimate of drug-likeness (QED) is 0.556. The van der Waals surface area contributed by atoms with Crippen LogP contribution in [0.2, 0.25) is 0 Å². The van der Waals surface area contributed by atoms with Crippen LogP contribution in [0.1, 0.15) is 6.42 Å². The maximum atomic E-state index is 10.6. The maximum absolute atomic E-state index is 10.6. The van der Waals surface area contributed by atoms with Gasteiger partial charge >= 0.3 is 0 Å². The zero-order valence-electron chi connectivity index (χ0n) is 9.06. The van der Waals surface area contributed by atoms with E-state index in [1.54, 1.807) is 18.2 Å². The highest BCUT2D eigenvalue weighted by molar-refractivity contribution is 5.26. The third-order valence-electron chi connectivity index (χ3n) is 2.81. The predicted octanol–water partition coefficient (Wildman–Crippen LogP) is 0.896. The molecule has 1 fully saturated rings. The summed E-state index contributed by atoms with van der Waals surface area (Å²) in [4.78, 5) is 12.6. The van der Waals surface area contributed by atoms with Gasteiger partial charge in [0.2, 0.25) is 0 Å². The van der Waals surface area contributed by atoms with Gasteiger partial charge in [-0.2, -0.15) is 0 Å². The van der Waals surface area contributed by atoms with Crippen molar-refractivity contribution in [2.75, 3.05) is 26.2 Å². The minimum atomic E-state index is -0.342. The molecule has 0 spiro atoms. The monoisotopic (exact) mass is 221 g/mol. The molecular formula is C11H15N3O2. The molecule has 1 heterocycles. The molecular weight excluding hydrogens is 206 g/mol. The van der Waals surface area contributed by atoms with Crippen molar-refractivity contribution in [3.05, 3.63) is 45.8 Å². The molecule has 0 unspecified atom stereocenters.